The summed E-state index contributed by atoms with van der Waals surface area (Å²) < 4.78 is 1.89. The van der Waals surface area contributed by atoms with Crippen molar-refractivity contribution < 1.29 is 4.79 Å². The Morgan fingerprint density at radius 2 is 1.24 bits per heavy atom. The standard InChI is InChI=1S/C33H28N4O/c1-23-29(24(2)38)32(35-36(23)27-19-11-5-12-20-27)33-30(25-15-7-3-8-16-25)31(26-17-9-4-10-18-26)34-37(33)28-21-13-6-14-22-28/h3-22,30,33H,1-2H3/t30-,33-/m0/s1. The quantitative estimate of drug-likeness (QED) is 0.235. The third-order valence-corrected chi connectivity index (χ3v) is 7.11. The monoisotopic (exact) mass is 496 g/mol. The van der Waals surface area contributed by atoms with Crippen molar-refractivity contribution in [3.8, 4) is 5.69 Å². The van der Waals surface area contributed by atoms with Gasteiger partial charge in [0.2, 0.25) is 0 Å². The van der Waals surface area contributed by atoms with Crippen LogP contribution in [0.25, 0.3) is 5.69 Å². The number of rotatable bonds is 6. The number of carbonyl (C=O) groups is 1. The first-order chi connectivity index (χ1) is 18.6. The lowest BCUT2D eigenvalue weighted by Gasteiger charge is -2.28. The maximum absolute atomic E-state index is 13.2. The molecule has 1 aliphatic heterocycles. The Hall–Kier alpha value is -4.77. The van der Waals surface area contributed by atoms with Crippen LogP contribution in [-0.2, 0) is 0 Å². The first-order valence-electron chi connectivity index (χ1n) is 12.8. The third-order valence-electron chi connectivity index (χ3n) is 7.11. The summed E-state index contributed by atoms with van der Waals surface area (Å²) in [5.41, 5.74) is 7.19. The molecule has 2 atom stereocenters. The van der Waals surface area contributed by atoms with Gasteiger partial charge in [0, 0.05) is 0 Å². The summed E-state index contributed by atoms with van der Waals surface area (Å²) in [6.45, 7) is 3.60. The van der Waals surface area contributed by atoms with Crippen LogP contribution in [0.2, 0.25) is 0 Å². The molecule has 2 heterocycles. The number of carbonyl (C=O) groups excluding carboxylic acids is 1. The summed E-state index contributed by atoms with van der Waals surface area (Å²) in [4.78, 5) is 13.2. The largest absolute Gasteiger partial charge is 0.294 e. The summed E-state index contributed by atoms with van der Waals surface area (Å²) in [5.74, 6) is -0.150. The molecule has 0 N–H and O–H groups in total. The highest BCUT2D eigenvalue weighted by Gasteiger charge is 2.44. The average molecular weight is 497 g/mol. The highest BCUT2D eigenvalue weighted by molar-refractivity contribution is 6.08. The normalized spacial score (nSPS) is 16.9. The van der Waals surface area contributed by atoms with Crippen LogP contribution < -0.4 is 5.01 Å². The lowest BCUT2D eigenvalue weighted by atomic mass is 9.82. The van der Waals surface area contributed by atoms with Crippen LogP contribution in [0.3, 0.4) is 0 Å². The Morgan fingerprint density at radius 3 is 1.82 bits per heavy atom. The van der Waals surface area contributed by atoms with E-state index in [-0.39, 0.29) is 17.7 Å². The van der Waals surface area contributed by atoms with Crippen LogP contribution in [-0.4, -0.2) is 21.3 Å². The number of hydrogen-bond acceptors (Lipinski definition) is 4. The van der Waals surface area contributed by atoms with Crippen LogP contribution in [0.5, 0.6) is 0 Å². The number of nitrogens with zero attached hydrogens (tertiary/aromatic N) is 4. The minimum absolute atomic E-state index is 0.00679. The molecule has 186 valence electrons. The van der Waals surface area contributed by atoms with Gasteiger partial charge in [0.15, 0.2) is 5.78 Å². The minimum Gasteiger partial charge on any atom is -0.294 e. The minimum atomic E-state index is -0.322. The molecule has 0 bridgehead atoms. The number of Topliss-reactive ketones (excluding diaryl/α,β-unsaturated/α-hetero) is 1. The van der Waals surface area contributed by atoms with Crippen LogP contribution in [0.15, 0.2) is 126 Å². The molecule has 1 aliphatic rings. The molecule has 0 unspecified atom stereocenters. The van der Waals surface area contributed by atoms with Crippen molar-refractivity contribution >= 4 is 17.2 Å². The van der Waals surface area contributed by atoms with E-state index in [0.717, 1.165) is 39.6 Å². The highest BCUT2D eigenvalue weighted by Crippen LogP contribution is 2.47. The molecule has 0 saturated carbocycles. The van der Waals surface area contributed by atoms with Gasteiger partial charge in [0.25, 0.3) is 0 Å². The maximum atomic E-state index is 13.2. The first kappa shape index (κ1) is 23.6. The molecule has 0 spiro atoms. The van der Waals surface area contributed by atoms with Gasteiger partial charge in [0.1, 0.15) is 6.04 Å². The Balaban J connectivity index is 1.63. The second kappa shape index (κ2) is 9.94. The molecule has 38 heavy (non-hydrogen) atoms. The maximum Gasteiger partial charge on any atom is 0.163 e. The van der Waals surface area contributed by atoms with Gasteiger partial charge in [-0.25, -0.2) is 4.68 Å². The third kappa shape index (κ3) is 4.12. The number of hydrazone groups is 1. The molecule has 0 amide bonds. The number of benzene rings is 4. The molecular weight excluding hydrogens is 468 g/mol. The Kier molecular flexibility index (Phi) is 6.18. The summed E-state index contributed by atoms with van der Waals surface area (Å²) in [7, 11) is 0. The van der Waals surface area contributed by atoms with Gasteiger partial charge < -0.3 is 0 Å². The lowest BCUT2D eigenvalue weighted by molar-refractivity contribution is 0.101. The molecule has 0 fully saturated rings. The summed E-state index contributed by atoms with van der Waals surface area (Å²) >= 11 is 0. The van der Waals surface area contributed by atoms with Crippen LogP contribution in [0.4, 0.5) is 5.69 Å². The fourth-order valence-electron chi connectivity index (χ4n) is 5.44. The topological polar surface area (TPSA) is 50.5 Å². The number of ketones is 1. The van der Waals surface area contributed by atoms with E-state index >= 15 is 0 Å². The zero-order valence-corrected chi connectivity index (χ0v) is 21.4. The Labute approximate surface area is 222 Å². The zero-order chi connectivity index (χ0) is 26.1. The van der Waals surface area contributed by atoms with E-state index in [1.54, 1.807) is 6.92 Å². The molecule has 0 aliphatic carbocycles. The molecule has 6 rings (SSSR count). The molecular formula is C33H28N4O. The van der Waals surface area contributed by atoms with Gasteiger partial charge in [-0.05, 0) is 49.2 Å². The zero-order valence-electron chi connectivity index (χ0n) is 21.4. The van der Waals surface area contributed by atoms with Crippen molar-refractivity contribution in [2.75, 3.05) is 5.01 Å². The molecule has 5 nitrogen and oxygen atoms in total. The van der Waals surface area contributed by atoms with Crippen molar-refractivity contribution in [1.82, 2.24) is 9.78 Å². The van der Waals surface area contributed by atoms with E-state index in [2.05, 4.69) is 48.5 Å². The van der Waals surface area contributed by atoms with Crippen LogP contribution in [0, 0.1) is 6.92 Å². The van der Waals surface area contributed by atoms with Gasteiger partial charge in [-0.3, -0.25) is 9.80 Å². The number of hydrogen-bond donors (Lipinski definition) is 0. The molecule has 4 aromatic carbocycles. The van der Waals surface area contributed by atoms with Crippen molar-refractivity contribution in [1.29, 1.82) is 0 Å². The van der Waals surface area contributed by atoms with Gasteiger partial charge in [-0.15, -0.1) is 0 Å². The predicted octanol–water partition coefficient (Wildman–Crippen LogP) is 7.13. The summed E-state index contributed by atoms with van der Waals surface area (Å²) in [6.07, 6.45) is 0. The molecule has 0 radical (unpaired) electrons. The SMILES string of the molecule is CC(=O)c1c([C@@H]2[C@@H](c3ccccc3)C(c3ccccc3)=NN2c2ccccc2)nn(-c2ccccc2)c1C. The van der Waals surface area contributed by atoms with Crippen molar-refractivity contribution in [3.63, 3.8) is 0 Å². The lowest BCUT2D eigenvalue weighted by Crippen LogP contribution is -2.26. The summed E-state index contributed by atoms with van der Waals surface area (Å²) in [6, 6.07) is 40.5. The first-order valence-corrected chi connectivity index (χ1v) is 12.8. The van der Waals surface area contributed by atoms with E-state index in [1.807, 2.05) is 89.4 Å². The fraction of sp³-hybridized carbons (Fsp3) is 0.121. The second-order valence-corrected chi connectivity index (χ2v) is 9.51. The second-order valence-electron chi connectivity index (χ2n) is 9.51. The van der Waals surface area contributed by atoms with Crippen molar-refractivity contribution in [2.24, 2.45) is 5.10 Å². The molecule has 5 heteroatoms. The van der Waals surface area contributed by atoms with E-state index < -0.39 is 0 Å². The fourth-order valence-corrected chi connectivity index (χ4v) is 5.44. The van der Waals surface area contributed by atoms with Gasteiger partial charge >= 0.3 is 0 Å². The molecule has 0 saturated heterocycles. The van der Waals surface area contributed by atoms with Crippen LogP contribution >= 0.6 is 0 Å². The van der Waals surface area contributed by atoms with Crippen molar-refractivity contribution in [3.05, 3.63) is 149 Å². The Bertz CT molecular complexity index is 1590. The predicted molar refractivity (Wildman–Crippen MR) is 152 cm³/mol. The van der Waals surface area contributed by atoms with E-state index in [4.69, 9.17) is 10.2 Å². The van der Waals surface area contributed by atoms with Crippen LogP contribution in [0.1, 0.15) is 51.8 Å². The van der Waals surface area contributed by atoms with E-state index in [9.17, 15) is 4.79 Å². The van der Waals surface area contributed by atoms with Gasteiger partial charge in [-0.1, -0.05) is 97.1 Å². The Morgan fingerprint density at radius 1 is 0.711 bits per heavy atom. The molecule has 1 aromatic heterocycles. The smallest absolute Gasteiger partial charge is 0.163 e. The van der Waals surface area contributed by atoms with Crippen molar-refractivity contribution in [2.45, 2.75) is 25.8 Å². The van der Waals surface area contributed by atoms with Gasteiger partial charge in [-0.2, -0.15) is 10.2 Å². The number of anilines is 1. The highest BCUT2D eigenvalue weighted by atomic mass is 16.1. The average Bonchev–Trinajstić information content (AvgIpc) is 3.53. The summed E-state index contributed by atoms with van der Waals surface area (Å²) in [5, 5.41) is 12.4. The molecule has 5 aromatic rings. The van der Waals surface area contributed by atoms with Gasteiger partial charge in [0.05, 0.1) is 40.0 Å². The van der Waals surface area contributed by atoms with E-state index in [0.29, 0.717) is 5.56 Å². The number of para-hydroxylation sites is 2. The number of aromatic nitrogens is 2. The van der Waals surface area contributed by atoms with E-state index in [1.165, 1.54) is 0 Å².